The molecule has 4 aromatic rings. The number of thiocarbonyl (C=S) groups is 1. The molecule has 0 amide bonds. The van der Waals surface area contributed by atoms with Gasteiger partial charge in [-0.1, -0.05) is 118 Å². The molecule has 0 aliphatic heterocycles. The fraction of sp³-hybridized carbons (Fsp3) is 0.439. The number of nitrogens with two attached hydrogens (primary N) is 1. The SMILES string of the molecule is CCN(CC)CC.CCO.CNC(N)=S.COC(=O)CC(C)=O.Cc1cc(=O)n(C)c(=S)[nH]1.Cc1cc(=O)n(C)c(SCc2c(Cl)ccc(Cl)c2Cl)n1.Clc1ccc(Cl)c(CBr)c1Cl. The van der Waals surface area contributed by atoms with Crippen LogP contribution in [0.15, 0.2) is 51.1 Å². The second-order valence-corrected chi connectivity index (χ2v) is 17.0. The van der Waals surface area contributed by atoms with Gasteiger partial charge in [-0.05, 0) is 96.0 Å². The number of ketones is 1. The van der Waals surface area contributed by atoms with Crippen molar-refractivity contribution in [3.8, 4) is 0 Å². The van der Waals surface area contributed by atoms with E-state index >= 15 is 0 Å². The Hall–Kier alpha value is -2.26. The van der Waals surface area contributed by atoms with Gasteiger partial charge in [-0.25, -0.2) is 4.98 Å². The Morgan fingerprint density at radius 3 is 1.66 bits per heavy atom. The van der Waals surface area contributed by atoms with E-state index in [-0.39, 0.29) is 29.9 Å². The van der Waals surface area contributed by atoms with Crippen LogP contribution in [0.3, 0.4) is 0 Å². The highest BCUT2D eigenvalue weighted by atomic mass is 79.9. The van der Waals surface area contributed by atoms with Crippen molar-refractivity contribution in [2.24, 2.45) is 19.8 Å². The van der Waals surface area contributed by atoms with Crippen LogP contribution in [0.1, 0.15) is 63.6 Å². The molecule has 0 aliphatic carbocycles. The van der Waals surface area contributed by atoms with E-state index in [9.17, 15) is 19.2 Å². The second kappa shape index (κ2) is 37.8. The number of nitrogens with zero attached hydrogens (tertiary/aromatic N) is 4. The van der Waals surface area contributed by atoms with Crippen LogP contribution in [0.25, 0.3) is 0 Å². The van der Waals surface area contributed by atoms with E-state index in [2.05, 4.69) is 73.8 Å². The fourth-order valence-electron chi connectivity index (χ4n) is 3.90. The van der Waals surface area contributed by atoms with E-state index in [1.165, 1.54) is 66.7 Å². The number of ether oxygens (including phenoxy) is 1. The molecule has 2 heterocycles. The molecule has 0 radical (unpaired) electrons. The van der Waals surface area contributed by atoms with Crippen molar-refractivity contribution in [1.29, 1.82) is 0 Å². The van der Waals surface area contributed by atoms with Crippen LogP contribution < -0.4 is 22.2 Å². The maximum Gasteiger partial charge on any atom is 0.313 e. The van der Waals surface area contributed by atoms with Crippen molar-refractivity contribution < 1.29 is 19.4 Å². The average molecular weight is 1130 g/mol. The third-order valence-electron chi connectivity index (χ3n) is 7.47. The van der Waals surface area contributed by atoms with Gasteiger partial charge < -0.3 is 30.8 Å². The number of thioether (sulfide) groups is 1. The molecular formula is C41H58BrCl6N7O6S3. The molecule has 0 bridgehead atoms. The number of aliphatic hydroxyl groups excluding tert-OH is 1. The van der Waals surface area contributed by atoms with Crippen LogP contribution in [0.4, 0.5) is 0 Å². The van der Waals surface area contributed by atoms with Crippen LogP contribution in [0.2, 0.25) is 30.1 Å². The highest BCUT2D eigenvalue weighted by Gasteiger charge is 2.12. The third kappa shape index (κ3) is 28.7. The lowest BCUT2D eigenvalue weighted by Gasteiger charge is -2.13. The van der Waals surface area contributed by atoms with Gasteiger partial charge in [0.15, 0.2) is 15.0 Å². The number of methoxy groups -OCH3 is 1. The first-order valence-corrected chi connectivity index (χ1v) is 24.2. The summed E-state index contributed by atoms with van der Waals surface area (Å²) in [7, 11) is 6.26. The molecule has 0 fully saturated rings. The Morgan fingerprint density at radius 2 is 1.31 bits per heavy atom. The van der Waals surface area contributed by atoms with Crippen molar-refractivity contribution in [2.45, 2.75) is 71.1 Å². The van der Waals surface area contributed by atoms with Gasteiger partial charge in [0, 0.05) is 83.5 Å². The van der Waals surface area contributed by atoms with E-state index in [1.54, 1.807) is 66.2 Å². The van der Waals surface area contributed by atoms with Crippen LogP contribution in [-0.4, -0.2) is 86.4 Å². The zero-order chi connectivity index (χ0) is 50.3. The van der Waals surface area contributed by atoms with Crippen LogP contribution in [0, 0.1) is 18.6 Å². The molecule has 0 unspecified atom stereocenters. The van der Waals surface area contributed by atoms with Crippen molar-refractivity contribution in [2.75, 3.05) is 40.4 Å². The summed E-state index contributed by atoms with van der Waals surface area (Å²) in [6, 6.07) is 9.76. The number of aromatic nitrogens is 4. The molecule has 4 rings (SSSR count). The Morgan fingerprint density at radius 1 is 0.891 bits per heavy atom. The number of nitrogens with one attached hydrogen (secondary N) is 2. The number of H-pyrrole nitrogens is 1. The number of benzene rings is 2. The normalized spacial score (nSPS) is 9.62. The number of carbonyl (C=O) groups excluding carboxylic acids is 2. The lowest BCUT2D eigenvalue weighted by molar-refractivity contribution is -0.142. The lowest BCUT2D eigenvalue weighted by atomic mass is 10.2. The number of esters is 1. The highest BCUT2D eigenvalue weighted by Crippen LogP contribution is 2.35. The van der Waals surface area contributed by atoms with Gasteiger partial charge in [-0.15, -0.1) is 0 Å². The Kier molecular flexibility index (Phi) is 39.0. The lowest BCUT2D eigenvalue weighted by Crippen LogP contribution is -2.24. The highest BCUT2D eigenvalue weighted by molar-refractivity contribution is 9.08. The summed E-state index contributed by atoms with van der Waals surface area (Å²) in [5, 5.41) is 14.8. The number of carbonyl (C=O) groups is 2. The summed E-state index contributed by atoms with van der Waals surface area (Å²) in [6.07, 6.45) is -0.115. The molecule has 13 nitrogen and oxygen atoms in total. The van der Waals surface area contributed by atoms with Crippen LogP contribution in [-0.2, 0) is 39.5 Å². The average Bonchev–Trinajstić information content (AvgIpc) is 3.23. The largest absolute Gasteiger partial charge is 0.469 e. The molecule has 0 spiro atoms. The monoisotopic (exact) mass is 1130 g/mol. The number of hydrogen-bond acceptors (Lipinski definition) is 11. The number of aliphatic hydroxyl groups is 1. The Labute approximate surface area is 429 Å². The number of rotatable bonds is 9. The van der Waals surface area contributed by atoms with E-state index in [0.29, 0.717) is 62.0 Å². The number of aromatic amines is 1. The molecule has 5 N–H and O–H groups in total. The van der Waals surface area contributed by atoms with E-state index < -0.39 is 5.97 Å². The molecule has 0 saturated heterocycles. The van der Waals surface area contributed by atoms with Crippen LogP contribution in [0.5, 0.6) is 0 Å². The van der Waals surface area contributed by atoms with Gasteiger partial charge in [0.05, 0.1) is 27.2 Å². The predicted octanol–water partition coefficient (Wildman–Crippen LogP) is 10.6. The summed E-state index contributed by atoms with van der Waals surface area (Å²) in [5.41, 5.74) is 7.80. The molecule has 360 valence electrons. The molecule has 0 atom stereocenters. The summed E-state index contributed by atoms with van der Waals surface area (Å²) in [4.78, 5) is 52.5. The minimum absolute atomic E-state index is 0.0683. The number of alkyl halides is 1. The predicted molar refractivity (Wildman–Crippen MR) is 280 cm³/mol. The molecule has 2 aromatic carbocycles. The van der Waals surface area contributed by atoms with Crippen molar-refractivity contribution in [1.82, 2.24) is 29.3 Å². The Balaban J connectivity index is -0.000000733. The Bertz CT molecular complexity index is 2190. The minimum atomic E-state index is -0.475. The van der Waals surface area contributed by atoms with Crippen molar-refractivity contribution in [3.63, 3.8) is 0 Å². The maximum absolute atomic E-state index is 11.7. The minimum Gasteiger partial charge on any atom is -0.469 e. The standard InChI is InChI=1S/C13H11Cl3N2OS.C7H4BrCl3.C6H8N2OS.C6H15N.C5H8O3.C2H6N2S.C2H6O/c1-7-5-11(19)18(2)13(17-7)20-6-8-9(14)3-4-10(15)12(8)16;8-3-4-5(9)1-2-6(10)7(4)11;1-4-3-5(9)8(2)6(10)7-4;1-4-7(5-2)6-3;1-4(6)3-5(7)8-2;1-4-2(3)5;1-2-3/h3-5H,6H2,1-2H3;1-2H,3H2;3H,1-2H3,(H,7,10);4-6H2,1-3H3;3H2,1-2H3;1H3,(H3,3,4,5);3H,2H2,1H3. The quantitative estimate of drug-likeness (QED) is 0.0237. The zero-order valence-corrected chi connectivity index (χ0v) is 46.2. The zero-order valence-electron chi connectivity index (χ0n) is 37.6. The van der Waals surface area contributed by atoms with Gasteiger partial charge in [-0.3, -0.25) is 28.3 Å². The molecule has 0 aliphatic rings. The summed E-state index contributed by atoms with van der Waals surface area (Å²) in [5.74, 6) is -0.156. The van der Waals surface area contributed by atoms with Crippen molar-refractivity contribution >= 4 is 139 Å². The third-order valence-corrected chi connectivity index (χ3v) is 12.1. The summed E-state index contributed by atoms with van der Waals surface area (Å²) in [6.45, 7) is 17.0. The molecule has 64 heavy (non-hydrogen) atoms. The maximum atomic E-state index is 11.7. The summed E-state index contributed by atoms with van der Waals surface area (Å²) >= 11 is 49.5. The van der Waals surface area contributed by atoms with E-state index in [0.717, 1.165) is 16.8 Å². The number of Topliss-reactive ketones (excluding diaryl/α,β-unsaturated/α-hetero) is 1. The first-order chi connectivity index (χ1) is 29.9. The van der Waals surface area contributed by atoms with Gasteiger partial charge in [0.2, 0.25) is 0 Å². The first kappa shape index (κ1) is 66.0. The van der Waals surface area contributed by atoms with Gasteiger partial charge >= 0.3 is 5.97 Å². The van der Waals surface area contributed by atoms with Crippen LogP contribution >= 0.6 is 122 Å². The number of hydrogen-bond donors (Lipinski definition) is 4. The molecular weight excluding hydrogens is 1080 g/mol. The second-order valence-electron chi connectivity index (χ2n) is 12.3. The smallest absolute Gasteiger partial charge is 0.313 e. The van der Waals surface area contributed by atoms with Gasteiger partial charge in [0.1, 0.15) is 12.2 Å². The number of aryl methyl sites for hydroxylation is 2. The number of halogens is 7. The first-order valence-electron chi connectivity index (χ1n) is 19.0. The molecule has 2 aromatic heterocycles. The van der Waals surface area contributed by atoms with Gasteiger partial charge in [0.25, 0.3) is 11.1 Å². The fourth-order valence-corrected chi connectivity index (χ4v) is 7.65. The molecule has 0 saturated carbocycles. The van der Waals surface area contributed by atoms with E-state index in [4.69, 9.17) is 92.7 Å². The topological polar surface area (TPSA) is 178 Å². The van der Waals surface area contributed by atoms with E-state index in [1.807, 2.05) is 0 Å². The molecule has 23 heteroatoms. The summed E-state index contributed by atoms with van der Waals surface area (Å²) < 4.78 is 7.55. The van der Waals surface area contributed by atoms with Gasteiger partial charge in [-0.2, -0.15) is 0 Å². The van der Waals surface area contributed by atoms with Crippen molar-refractivity contribution in [3.05, 3.63) is 115 Å².